The molecule has 0 spiro atoms. The smallest absolute Gasteiger partial charge is 0.312 e. The molecule has 5 heteroatoms. The lowest BCUT2D eigenvalue weighted by atomic mass is 9.95. The van der Waals surface area contributed by atoms with E-state index in [9.17, 15) is 9.90 Å². The zero-order chi connectivity index (χ0) is 12.0. The highest BCUT2D eigenvalue weighted by molar-refractivity contribution is 5.73. The summed E-state index contributed by atoms with van der Waals surface area (Å²) in [4.78, 5) is 13.6. The summed E-state index contributed by atoms with van der Waals surface area (Å²) in [5.41, 5.74) is 0. The number of esters is 1. The molecule has 1 aliphatic rings. The molecular weight excluding hydrogens is 210 g/mol. The highest BCUT2D eigenvalue weighted by Crippen LogP contribution is 2.18. The van der Waals surface area contributed by atoms with Crippen molar-refractivity contribution < 1.29 is 19.4 Å². The van der Waals surface area contributed by atoms with Crippen molar-refractivity contribution in [2.45, 2.75) is 18.9 Å². The maximum Gasteiger partial charge on any atom is 0.312 e. The summed E-state index contributed by atoms with van der Waals surface area (Å²) in [6.45, 7) is 3.03. The minimum atomic E-state index is -0.564. The predicted octanol–water partition coefficient (Wildman–Crippen LogP) is -0.121. The first-order valence-corrected chi connectivity index (χ1v) is 5.66. The standard InChI is InChI=1S/C11H21NO4/c1-15-7-3-5-12-6-4-10(13)9(8-12)11(14)16-2/h9-10,13H,3-8H2,1-2H3. The van der Waals surface area contributed by atoms with Crippen LogP contribution in [-0.2, 0) is 14.3 Å². The fraction of sp³-hybridized carbons (Fsp3) is 0.909. The molecule has 94 valence electrons. The highest BCUT2D eigenvalue weighted by Gasteiger charge is 2.33. The van der Waals surface area contributed by atoms with Crippen LogP contribution >= 0.6 is 0 Å². The molecule has 16 heavy (non-hydrogen) atoms. The summed E-state index contributed by atoms with van der Waals surface area (Å²) in [5, 5.41) is 9.71. The van der Waals surface area contributed by atoms with Crippen LogP contribution in [0.1, 0.15) is 12.8 Å². The lowest BCUT2D eigenvalue weighted by molar-refractivity contribution is -0.152. The largest absolute Gasteiger partial charge is 0.469 e. The van der Waals surface area contributed by atoms with Crippen molar-refractivity contribution in [3.05, 3.63) is 0 Å². The molecule has 2 unspecified atom stereocenters. The third-order valence-electron chi connectivity index (χ3n) is 2.99. The molecule has 0 aliphatic carbocycles. The average molecular weight is 231 g/mol. The van der Waals surface area contributed by atoms with Crippen molar-refractivity contribution in [3.8, 4) is 0 Å². The molecule has 5 nitrogen and oxygen atoms in total. The van der Waals surface area contributed by atoms with E-state index in [0.29, 0.717) is 13.0 Å². The first kappa shape index (κ1) is 13.4. The summed E-state index contributed by atoms with van der Waals surface area (Å²) >= 11 is 0. The number of aliphatic hydroxyl groups excluding tert-OH is 1. The monoisotopic (exact) mass is 231 g/mol. The van der Waals surface area contributed by atoms with Crippen LogP contribution in [-0.4, -0.2) is 62.5 Å². The minimum absolute atomic E-state index is 0.316. The molecule has 0 amide bonds. The third kappa shape index (κ3) is 3.73. The number of ether oxygens (including phenoxy) is 2. The quantitative estimate of drug-likeness (QED) is 0.528. The maximum absolute atomic E-state index is 11.4. The van der Waals surface area contributed by atoms with Gasteiger partial charge in [0.15, 0.2) is 0 Å². The van der Waals surface area contributed by atoms with Gasteiger partial charge >= 0.3 is 5.97 Å². The van der Waals surface area contributed by atoms with E-state index < -0.39 is 12.0 Å². The van der Waals surface area contributed by atoms with E-state index in [4.69, 9.17) is 4.74 Å². The van der Waals surface area contributed by atoms with E-state index in [1.807, 2.05) is 0 Å². The molecular formula is C11H21NO4. The maximum atomic E-state index is 11.4. The molecule has 1 N–H and O–H groups in total. The molecule has 1 rings (SSSR count). The van der Waals surface area contributed by atoms with Gasteiger partial charge in [0, 0.05) is 33.4 Å². The van der Waals surface area contributed by atoms with E-state index in [1.165, 1.54) is 7.11 Å². The topological polar surface area (TPSA) is 59.0 Å². The summed E-state index contributed by atoms with van der Waals surface area (Å²) in [6, 6.07) is 0. The zero-order valence-electron chi connectivity index (χ0n) is 10.0. The van der Waals surface area contributed by atoms with Gasteiger partial charge in [0.2, 0.25) is 0 Å². The minimum Gasteiger partial charge on any atom is -0.469 e. The van der Waals surface area contributed by atoms with Crippen LogP contribution in [0.3, 0.4) is 0 Å². The normalized spacial score (nSPS) is 26.7. The SMILES string of the molecule is COCCCN1CCC(O)C(C(=O)OC)C1. The van der Waals surface area contributed by atoms with Gasteiger partial charge in [-0.15, -0.1) is 0 Å². The number of nitrogens with zero attached hydrogens (tertiary/aromatic N) is 1. The van der Waals surface area contributed by atoms with Crippen LogP contribution in [0.2, 0.25) is 0 Å². The number of methoxy groups -OCH3 is 2. The third-order valence-corrected chi connectivity index (χ3v) is 2.99. The highest BCUT2D eigenvalue weighted by atomic mass is 16.5. The lowest BCUT2D eigenvalue weighted by Crippen LogP contribution is -2.47. The first-order chi connectivity index (χ1) is 7.69. The molecule has 1 saturated heterocycles. The van der Waals surface area contributed by atoms with Gasteiger partial charge in [0.25, 0.3) is 0 Å². The predicted molar refractivity (Wildman–Crippen MR) is 59.1 cm³/mol. The van der Waals surface area contributed by atoms with Crippen LogP contribution in [0.25, 0.3) is 0 Å². The first-order valence-electron chi connectivity index (χ1n) is 5.66. The fourth-order valence-corrected chi connectivity index (χ4v) is 2.03. The Hall–Kier alpha value is -0.650. The van der Waals surface area contributed by atoms with Gasteiger partial charge in [-0.05, 0) is 12.8 Å². The number of likely N-dealkylation sites (tertiary alicyclic amines) is 1. The van der Waals surface area contributed by atoms with Gasteiger partial charge in [-0.2, -0.15) is 0 Å². The van der Waals surface area contributed by atoms with Crippen LogP contribution in [0.5, 0.6) is 0 Å². The number of rotatable bonds is 5. The Labute approximate surface area is 96.3 Å². The Balaban J connectivity index is 2.38. The summed E-state index contributed by atoms with van der Waals surface area (Å²) in [7, 11) is 3.04. The molecule has 1 heterocycles. The Bertz CT molecular complexity index is 222. The summed E-state index contributed by atoms with van der Waals surface area (Å²) in [5.74, 6) is -0.717. The van der Waals surface area contributed by atoms with E-state index in [2.05, 4.69) is 9.64 Å². The summed E-state index contributed by atoms with van der Waals surface area (Å²) in [6.07, 6.45) is 1.01. The van der Waals surface area contributed by atoms with Gasteiger partial charge in [0.05, 0.1) is 19.1 Å². The van der Waals surface area contributed by atoms with E-state index in [1.54, 1.807) is 7.11 Å². The van der Waals surface area contributed by atoms with Gasteiger partial charge in [0.1, 0.15) is 0 Å². The zero-order valence-corrected chi connectivity index (χ0v) is 10.0. The molecule has 1 aliphatic heterocycles. The number of carbonyl (C=O) groups excluding carboxylic acids is 1. The molecule has 0 saturated carbocycles. The molecule has 0 aromatic rings. The van der Waals surface area contributed by atoms with Crippen molar-refractivity contribution in [1.82, 2.24) is 4.90 Å². The van der Waals surface area contributed by atoms with Gasteiger partial charge < -0.3 is 19.5 Å². The van der Waals surface area contributed by atoms with E-state index in [0.717, 1.165) is 26.1 Å². The second-order valence-electron chi connectivity index (χ2n) is 4.13. The Morgan fingerprint density at radius 1 is 1.50 bits per heavy atom. The van der Waals surface area contributed by atoms with E-state index >= 15 is 0 Å². The van der Waals surface area contributed by atoms with Crippen LogP contribution in [0.15, 0.2) is 0 Å². The Morgan fingerprint density at radius 3 is 2.88 bits per heavy atom. The van der Waals surface area contributed by atoms with Crippen molar-refractivity contribution in [3.63, 3.8) is 0 Å². The molecule has 0 radical (unpaired) electrons. The van der Waals surface area contributed by atoms with Crippen molar-refractivity contribution in [1.29, 1.82) is 0 Å². The number of aliphatic hydroxyl groups is 1. The Morgan fingerprint density at radius 2 is 2.25 bits per heavy atom. The van der Waals surface area contributed by atoms with Crippen LogP contribution in [0, 0.1) is 5.92 Å². The fourth-order valence-electron chi connectivity index (χ4n) is 2.03. The number of hydrogen-bond acceptors (Lipinski definition) is 5. The van der Waals surface area contributed by atoms with Crippen molar-refractivity contribution in [2.75, 3.05) is 40.5 Å². The Kier molecular flexibility index (Phi) is 5.73. The van der Waals surface area contributed by atoms with Gasteiger partial charge in [-0.1, -0.05) is 0 Å². The number of hydrogen-bond donors (Lipinski definition) is 1. The van der Waals surface area contributed by atoms with Crippen molar-refractivity contribution >= 4 is 5.97 Å². The second-order valence-corrected chi connectivity index (χ2v) is 4.13. The molecule has 0 bridgehead atoms. The van der Waals surface area contributed by atoms with Crippen LogP contribution < -0.4 is 0 Å². The number of piperidine rings is 1. The second kappa shape index (κ2) is 6.83. The molecule has 0 aromatic carbocycles. The van der Waals surface area contributed by atoms with Gasteiger partial charge in [-0.25, -0.2) is 0 Å². The van der Waals surface area contributed by atoms with Crippen LogP contribution in [0.4, 0.5) is 0 Å². The molecule has 1 fully saturated rings. The van der Waals surface area contributed by atoms with Gasteiger partial charge in [-0.3, -0.25) is 4.79 Å². The number of carbonyl (C=O) groups is 1. The molecule has 2 atom stereocenters. The van der Waals surface area contributed by atoms with E-state index in [-0.39, 0.29) is 5.97 Å². The average Bonchev–Trinajstić information content (AvgIpc) is 2.30. The lowest BCUT2D eigenvalue weighted by Gasteiger charge is -2.34. The molecule has 0 aromatic heterocycles. The van der Waals surface area contributed by atoms with Crippen molar-refractivity contribution in [2.24, 2.45) is 5.92 Å². The summed E-state index contributed by atoms with van der Waals surface area (Å²) < 4.78 is 9.67.